The summed E-state index contributed by atoms with van der Waals surface area (Å²) >= 11 is 1.44. The second kappa shape index (κ2) is 11.3. The van der Waals surface area contributed by atoms with Gasteiger partial charge in [-0.2, -0.15) is 4.98 Å². The van der Waals surface area contributed by atoms with Crippen LogP contribution in [-0.2, 0) is 4.79 Å². The summed E-state index contributed by atoms with van der Waals surface area (Å²) in [5, 5.41) is 2.74. The Morgan fingerprint density at radius 3 is 2.69 bits per heavy atom. The largest absolute Gasteiger partial charge is 0.475 e. The van der Waals surface area contributed by atoms with E-state index in [1.54, 1.807) is 12.3 Å². The highest BCUT2D eigenvalue weighted by Crippen LogP contribution is 2.36. The molecule has 5 N–H and O–H groups in total. The van der Waals surface area contributed by atoms with Crippen molar-refractivity contribution in [3.05, 3.63) is 24.4 Å². The number of likely N-dealkylation sites (N-methyl/N-ethyl adjacent to an activating group) is 2. The average Bonchev–Trinajstić information content (AvgIpc) is 2.74. The molecule has 0 spiro atoms. The Balaban J connectivity index is 1.83. The minimum Gasteiger partial charge on any atom is -0.475 e. The highest BCUT2D eigenvalue weighted by Gasteiger charge is 2.19. The summed E-state index contributed by atoms with van der Waals surface area (Å²) in [6.07, 6.45) is 1.79. The number of nitrogen functional groups attached to an aromatic ring is 1. The molecule has 2 heterocycles. The number of hydrogen-bond donors (Lipinski definition) is 3. The maximum Gasteiger partial charge on any atom is 0.238 e. The molecule has 1 aliphatic heterocycles. The molecule has 2 aromatic rings. The summed E-state index contributed by atoms with van der Waals surface area (Å²) in [4.78, 5) is 29.1. The topological polar surface area (TPSA) is 126 Å². The summed E-state index contributed by atoms with van der Waals surface area (Å²) in [5.74, 6) is 0.931. The number of amides is 1. The summed E-state index contributed by atoms with van der Waals surface area (Å²) in [6.45, 7) is 4.87. The van der Waals surface area contributed by atoms with E-state index in [9.17, 15) is 4.79 Å². The van der Waals surface area contributed by atoms with Crippen LogP contribution in [0.4, 0.5) is 17.3 Å². The number of hydrogen-bond acceptors (Lipinski definition) is 10. The van der Waals surface area contributed by atoms with Gasteiger partial charge >= 0.3 is 0 Å². The van der Waals surface area contributed by atoms with Gasteiger partial charge < -0.3 is 36.2 Å². The molecule has 1 amide bonds. The van der Waals surface area contributed by atoms with Crippen molar-refractivity contribution in [2.45, 2.75) is 9.79 Å². The van der Waals surface area contributed by atoms with E-state index in [1.165, 1.54) is 11.8 Å². The summed E-state index contributed by atoms with van der Waals surface area (Å²) < 4.78 is 6.05. The highest BCUT2D eigenvalue weighted by atomic mass is 32.2. The van der Waals surface area contributed by atoms with Gasteiger partial charge in [0.2, 0.25) is 17.7 Å². The number of nitrogens with zero attached hydrogens (tertiary/aromatic N) is 5. The SMILES string of the molecule is CN(C)CCOc1nc(N2CCN(C)CC2)ncc1Sc1cc(N)cc(NC(=O)CN)c1. The van der Waals surface area contributed by atoms with Crippen LogP contribution in [-0.4, -0.2) is 92.7 Å². The molecule has 1 aromatic carbocycles. The molecule has 1 aromatic heterocycles. The second-order valence-corrected chi connectivity index (χ2v) is 9.04. The van der Waals surface area contributed by atoms with Crippen LogP contribution in [0.3, 0.4) is 0 Å². The van der Waals surface area contributed by atoms with Crippen molar-refractivity contribution in [2.75, 3.05) is 83.0 Å². The number of rotatable bonds is 9. The molecule has 174 valence electrons. The van der Waals surface area contributed by atoms with Gasteiger partial charge in [-0.05, 0) is 39.3 Å². The molecular formula is C21H32N8O2S. The monoisotopic (exact) mass is 460 g/mol. The Bertz CT molecular complexity index is 919. The molecule has 1 aliphatic rings. The summed E-state index contributed by atoms with van der Waals surface area (Å²) in [7, 11) is 6.11. The van der Waals surface area contributed by atoms with Crippen LogP contribution in [0.2, 0.25) is 0 Å². The molecule has 3 rings (SSSR count). The molecule has 10 nitrogen and oxygen atoms in total. The Morgan fingerprint density at radius 1 is 1.25 bits per heavy atom. The van der Waals surface area contributed by atoms with Crippen molar-refractivity contribution in [2.24, 2.45) is 5.73 Å². The summed E-state index contributed by atoms with van der Waals surface area (Å²) in [5.41, 5.74) is 12.6. The highest BCUT2D eigenvalue weighted by molar-refractivity contribution is 7.99. The Hall–Kier alpha value is -2.60. The zero-order valence-electron chi connectivity index (χ0n) is 18.9. The van der Waals surface area contributed by atoms with Gasteiger partial charge in [-0.15, -0.1) is 0 Å². The third-order valence-corrected chi connectivity index (χ3v) is 5.87. The number of nitrogens with two attached hydrogens (primary N) is 2. The van der Waals surface area contributed by atoms with Gasteiger partial charge in [0.1, 0.15) is 6.61 Å². The second-order valence-electron chi connectivity index (χ2n) is 7.93. The molecule has 0 unspecified atom stereocenters. The fraction of sp³-hybridized carbons (Fsp3) is 0.476. The lowest BCUT2D eigenvalue weighted by molar-refractivity contribution is -0.114. The van der Waals surface area contributed by atoms with Gasteiger partial charge in [-0.3, -0.25) is 4.79 Å². The smallest absolute Gasteiger partial charge is 0.238 e. The lowest BCUT2D eigenvalue weighted by Gasteiger charge is -2.32. The van der Waals surface area contributed by atoms with Crippen molar-refractivity contribution in [3.8, 4) is 5.88 Å². The number of carbonyl (C=O) groups is 1. The number of anilines is 3. The maximum atomic E-state index is 11.7. The van der Waals surface area contributed by atoms with Crippen LogP contribution in [0, 0.1) is 0 Å². The molecule has 0 bridgehead atoms. The van der Waals surface area contributed by atoms with E-state index in [0.717, 1.165) is 42.5 Å². The number of ether oxygens (including phenoxy) is 1. The normalized spacial score (nSPS) is 14.6. The fourth-order valence-electron chi connectivity index (χ4n) is 3.10. The molecule has 0 radical (unpaired) electrons. The molecule has 1 fully saturated rings. The predicted molar refractivity (Wildman–Crippen MR) is 128 cm³/mol. The number of nitrogens with one attached hydrogen (secondary N) is 1. The van der Waals surface area contributed by atoms with Crippen molar-refractivity contribution >= 4 is 35.0 Å². The Kier molecular flexibility index (Phi) is 8.51. The number of aromatic nitrogens is 2. The first-order valence-corrected chi connectivity index (χ1v) is 11.3. The van der Waals surface area contributed by atoms with E-state index in [0.29, 0.717) is 29.8 Å². The molecule has 0 aliphatic carbocycles. The molecule has 0 saturated carbocycles. The van der Waals surface area contributed by atoms with Crippen LogP contribution in [0.25, 0.3) is 0 Å². The maximum absolute atomic E-state index is 11.7. The lowest BCUT2D eigenvalue weighted by atomic mass is 10.3. The van der Waals surface area contributed by atoms with Crippen LogP contribution in [0.5, 0.6) is 5.88 Å². The van der Waals surface area contributed by atoms with Crippen molar-refractivity contribution in [1.82, 2.24) is 19.8 Å². The van der Waals surface area contributed by atoms with Crippen LogP contribution >= 0.6 is 11.8 Å². The van der Waals surface area contributed by atoms with Gasteiger partial charge in [0.25, 0.3) is 0 Å². The van der Waals surface area contributed by atoms with Crippen molar-refractivity contribution in [1.29, 1.82) is 0 Å². The predicted octanol–water partition coefficient (Wildman–Crippen LogP) is 0.799. The average molecular weight is 461 g/mol. The van der Waals surface area contributed by atoms with Crippen molar-refractivity contribution in [3.63, 3.8) is 0 Å². The van der Waals surface area contributed by atoms with E-state index < -0.39 is 0 Å². The van der Waals surface area contributed by atoms with E-state index >= 15 is 0 Å². The minimum absolute atomic E-state index is 0.0945. The van der Waals surface area contributed by atoms with Crippen LogP contribution in [0.15, 0.2) is 34.2 Å². The molecule has 0 atom stereocenters. The number of carbonyl (C=O) groups excluding carboxylic acids is 1. The third kappa shape index (κ3) is 6.95. The molecular weight excluding hydrogens is 428 g/mol. The van der Waals surface area contributed by atoms with E-state index in [1.807, 2.05) is 26.2 Å². The lowest BCUT2D eigenvalue weighted by Crippen LogP contribution is -2.45. The van der Waals surface area contributed by atoms with Crippen LogP contribution in [0.1, 0.15) is 0 Å². The molecule has 32 heavy (non-hydrogen) atoms. The van der Waals surface area contributed by atoms with Gasteiger partial charge in [-0.25, -0.2) is 4.98 Å². The fourth-order valence-corrected chi connectivity index (χ4v) is 4.03. The van der Waals surface area contributed by atoms with Gasteiger partial charge in [0.05, 0.1) is 17.6 Å². The molecule has 11 heteroatoms. The minimum atomic E-state index is -0.279. The zero-order chi connectivity index (χ0) is 23.1. The van der Waals surface area contributed by atoms with Gasteiger partial charge in [-0.1, -0.05) is 11.8 Å². The Morgan fingerprint density at radius 2 is 2.00 bits per heavy atom. The summed E-state index contributed by atoms with van der Waals surface area (Å²) in [6, 6.07) is 5.37. The third-order valence-electron chi connectivity index (χ3n) is 4.90. The van der Waals surface area contributed by atoms with Crippen LogP contribution < -0.4 is 26.4 Å². The quantitative estimate of drug-likeness (QED) is 0.463. The standard InChI is InChI=1S/C21H32N8O2S/c1-27(2)8-9-31-20-18(14-24-21(26-20)29-6-4-28(3)5-7-29)32-17-11-15(23)10-16(12-17)25-19(30)13-22/h10-12,14H,4-9,13,22-23H2,1-3H3,(H,25,30). The first-order valence-electron chi connectivity index (χ1n) is 10.5. The van der Waals surface area contributed by atoms with E-state index in [-0.39, 0.29) is 12.5 Å². The van der Waals surface area contributed by atoms with E-state index in [4.69, 9.17) is 21.2 Å². The zero-order valence-corrected chi connectivity index (χ0v) is 19.7. The number of piperazine rings is 1. The van der Waals surface area contributed by atoms with E-state index in [2.05, 4.69) is 32.0 Å². The van der Waals surface area contributed by atoms with Crippen molar-refractivity contribution < 1.29 is 9.53 Å². The Labute approximate surface area is 193 Å². The molecule has 1 saturated heterocycles. The first kappa shape index (κ1) is 24.1. The first-order chi connectivity index (χ1) is 15.3. The van der Waals surface area contributed by atoms with Gasteiger partial charge in [0, 0.05) is 49.0 Å². The number of benzene rings is 1. The van der Waals surface area contributed by atoms with Gasteiger partial charge in [0.15, 0.2) is 0 Å².